The number of aromatic nitrogens is 1. The highest BCUT2D eigenvalue weighted by molar-refractivity contribution is 9.13. The number of likely N-dealkylation sites (tertiary alicyclic amines) is 1. The lowest BCUT2D eigenvalue weighted by Crippen LogP contribution is -2.47. The van der Waals surface area contributed by atoms with Crippen LogP contribution >= 0.6 is 31.9 Å². The van der Waals surface area contributed by atoms with Gasteiger partial charge in [0.2, 0.25) is 5.91 Å². The molecule has 1 aliphatic rings. The molecule has 1 aromatic heterocycles. The molecule has 0 aromatic carbocycles. The molecule has 126 valence electrons. The van der Waals surface area contributed by atoms with Crippen molar-refractivity contribution in [2.24, 2.45) is 0 Å². The molecule has 1 aromatic rings. The first-order valence-electron chi connectivity index (χ1n) is 7.10. The average Bonchev–Trinajstić information content (AvgIpc) is 2.87. The summed E-state index contributed by atoms with van der Waals surface area (Å²) in [6.45, 7) is 1.03. The van der Waals surface area contributed by atoms with Gasteiger partial charge >= 0.3 is 5.97 Å². The van der Waals surface area contributed by atoms with Gasteiger partial charge in [0.05, 0.1) is 16.2 Å². The first kappa shape index (κ1) is 18.0. The third-order valence-electron chi connectivity index (χ3n) is 3.68. The van der Waals surface area contributed by atoms with Crippen LogP contribution < -0.4 is 5.32 Å². The number of esters is 1. The summed E-state index contributed by atoms with van der Waals surface area (Å²) in [5.74, 6) is -0.956. The number of nitrogens with one attached hydrogen (secondary N) is 2. The Hall–Kier alpha value is -1.35. The van der Waals surface area contributed by atoms with Gasteiger partial charge in [0.25, 0.3) is 5.91 Å². The van der Waals surface area contributed by atoms with Crippen LogP contribution in [-0.4, -0.2) is 53.9 Å². The molecule has 1 saturated heterocycles. The van der Waals surface area contributed by atoms with Crippen molar-refractivity contribution in [3.63, 3.8) is 0 Å². The maximum Gasteiger partial charge on any atom is 0.315 e. The van der Waals surface area contributed by atoms with E-state index in [-0.39, 0.29) is 24.3 Å². The predicted molar refractivity (Wildman–Crippen MR) is 89.9 cm³/mol. The first-order valence-corrected chi connectivity index (χ1v) is 8.68. The van der Waals surface area contributed by atoms with Gasteiger partial charge in [-0.3, -0.25) is 14.4 Å². The lowest BCUT2D eigenvalue weighted by atomic mass is 10.0. The zero-order valence-electron chi connectivity index (χ0n) is 12.5. The van der Waals surface area contributed by atoms with Gasteiger partial charge < -0.3 is 19.9 Å². The number of carbonyl (C=O) groups excluding carboxylic acids is 3. The molecule has 0 bridgehead atoms. The molecule has 0 unspecified atom stereocenters. The van der Waals surface area contributed by atoms with Gasteiger partial charge in [-0.2, -0.15) is 0 Å². The van der Waals surface area contributed by atoms with Crippen molar-refractivity contribution < 1.29 is 19.1 Å². The molecule has 1 aliphatic heterocycles. The summed E-state index contributed by atoms with van der Waals surface area (Å²) in [7, 11) is 1.26. The minimum Gasteiger partial charge on any atom is -0.469 e. The number of hydrogen-bond donors (Lipinski definition) is 2. The summed E-state index contributed by atoms with van der Waals surface area (Å²) in [6, 6.07) is 1.71. The van der Waals surface area contributed by atoms with Gasteiger partial charge in [0.1, 0.15) is 12.1 Å². The number of hydrogen-bond acceptors (Lipinski definition) is 4. The van der Waals surface area contributed by atoms with Crippen LogP contribution in [0, 0.1) is 0 Å². The van der Waals surface area contributed by atoms with Gasteiger partial charge in [0.15, 0.2) is 0 Å². The topological polar surface area (TPSA) is 91.5 Å². The molecule has 0 spiro atoms. The molecule has 0 atom stereocenters. The maximum absolute atomic E-state index is 12.2. The number of methoxy groups -OCH3 is 1. The maximum atomic E-state index is 12.2. The van der Waals surface area contributed by atoms with Crippen LogP contribution in [0.3, 0.4) is 0 Å². The molecule has 0 radical (unpaired) electrons. The quantitative estimate of drug-likeness (QED) is 0.540. The number of carbonyl (C=O) groups is 3. The Kier molecular flexibility index (Phi) is 6.23. The Morgan fingerprint density at radius 2 is 2.00 bits per heavy atom. The predicted octanol–water partition coefficient (Wildman–Crippen LogP) is 1.82. The number of amides is 2. The van der Waals surface area contributed by atoms with Crippen molar-refractivity contribution in [1.29, 1.82) is 0 Å². The van der Waals surface area contributed by atoms with E-state index < -0.39 is 5.97 Å². The third-order valence-corrected chi connectivity index (χ3v) is 5.46. The zero-order chi connectivity index (χ0) is 17.0. The highest BCUT2D eigenvalue weighted by Gasteiger charge is 2.25. The monoisotopic (exact) mass is 449 g/mol. The molecule has 23 heavy (non-hydrogen) atoms. The first-order chi connectivity index (χ1) is 10.9. The Morgan fingerprint density at radius 1 is 1.35 bits per heavy atom. The van der Waals surface area contributed by atoms with E-state index in [1.807, 2.05) is 0 Å². The fraction of sp³-hybridized carbons (Fsp3) is 0.500. The number of aromatic amines is 1. The summed E-state index contributed by atoms with van der Waals surface area (Å²) in [5, 5.41) is 2.95. The summed E-state index contributed by atoms with van der Waals surface area (Å²) in [6.07, 6.45) is 1.07. The van der Waals surface area contributed by atoms with Crippen LogP contribution in [0.5, 0.6) is 0 Å². The van der Waals surface area contributed by atoms with Gasteiger partial charge in [-0.15, -0.1) is 0 Å². The van der Waals surface area contributed by atoms with Crippen LogP contribution in [0.25, 0.3) is 0 Å². The van der Waals surface area contributed by atoms with Crippen molar-refractivity contribution in [2.45, 2.75) is 25.3 Å². The lowest BCUT2D eigenvalue weighted by molar-refractivity contribution is -0.147. The van der Waals surface area contributed by atoms with E-state index in [2.05, 4.69) is 46.9 Å². The largest absolute Gasteiger partial charge is 0.469 e. The van der Waals surface area contributed by atoms with E-state index in [4.69, 9.17) is 0 Å². The average molecular weight is 451 g/mol. The summed E-state index contributed by atoms with van der Waals surface area (Å²) in [5.41, 5.74) is 0.466. The second-order valence-corrected chi connectivity index (χ2v) is 6.87. The van der Waals surface area contributed by atoms with Crippen LogP contribution in [0.1, 0.15) is 29.8 Å². The molecule has 7 nitrogen and oxygen atoms in total. The van der Waals surface area contributed by atoms with Crippen molar-refractivity contribution >= 4 is 49.6 Å². The van der Waals surface area contributed by atoms with Crippen molar-refractivity contribution in [2.75, 3.05) is 20.2 Å². The van der Waals surface area contributed by atoms with E-state index in [1.54, 1.807) is 11.0 Å². The van der Waals surface area contributed by atoms with Crippen molar-refractivity contribution in [1.82, 2.24) is 15.2 Å². The minimum absolute atomic E-state index is 0.00512. The SMILES string of the molecule is COC(=O)CC(=O)N1CCC(NC(=O)c2cc(Br)c(Br)[nH]2)CC1. The normalized spacial score (nSPS) is 15.3. The van der Waals surface area contributed by atoms with Gasteiger partial charge in [-0.1, -0.05) is 0 Å². The summed E-state index contributed by atoms with van der Waals surface area (Å²) < 4.78 is 5.99. The lowest BCUT2D eigenvalue weighted by Gasteiger charge is -2.32. The molecule has 2 amide bonds. The molecule has 9 heteroatoms. The molecular formula is C14H17Br2N3O4. The van der Waals surface area contributed by atoms with E-state index in [0.29, 0.717) is 36.2 Å². The standard InChI is InChI=1S/C14H17Br2N3O4/c1-23-12(21)7-11(20)19-4-2-8(3-5-19)17-14(22)10-6-9(15)13(16)18-10/h6,8,18H,2-5,7H2,1H3,(H,17,22). The van der Waals surface area contributed by atoms with E-state index >= 15 is 0 Å². The molecule has 0 aliphatic carbocycles. The summed E-state index contributed by atoms with van der Waals surface area (Å²) >= 11 is 6.61. The van der Waals surface area contributed by atoms with Crippen molar-refractivity contribution in [3.05, 3.63) is 20.8 Å². The van der Waals surface area contributed by atoms with E-state index in [9.17, 15) is 14.4 Å². The third kappa shape index (κ3) is 4.81. The van der Waals surface area contributed by atoms with Gasteiger partial charge in [-0.05, 0) is 50.8 Å². The Morgan fingerprint density at radius 3 is 2.52 bits per heavy atom. The Bertz CT molecular complexity index is 590. The van der Waals surface area contributed by atoms with Gasteiger partial charge in [-0.25, -0.2) is 0 Å². The number of nitrogens with zero attached hydrogens (tertiary/aromatic N) is 1. The number of halogens is 2. The second kappa shape index (κ2) is 7.96. The number of ether oxygens (including phenoxy) is 1. The highest BCUT2D eigenvalue weighted by atomic mass is 79.9. The number of rotatable bonds is 4. The molecular weight excluding hydrogens is 434 g/mol. The fourth-order valence-corrected chi connectivity index (χ4v) is 3.03. The number of piperidine rings is 1. The second-order valence-electron chi connectivity index (χ2n) is 5.23. The fourth-order valence-electron chi connectivity index (χ4n) is 2.37. The van der Waals surface area contributed by atoms with Gasteiger partial charge in [0, 0.05) is 19.1 Å². The van der Waals surface area contributed by atoms with E-state index in [0.717, 1.165) is 4.47 Å². The Balaban J connectivity index is 1.81. The van der Waals surface area contributed by atoms with Crippen molar-refractivity contribution in [3.8, 4) is 0 Å². The molecule has 2 heterocycles. The summed E-state index contributed by atoms with van der Waals surface area (Å²) in [4.78, 5) is 39.7. The van der Waals surface area contributed by atoms with Crippen LogP contribution in [-0.2, 0) is 14.3 Å². The Labute approximate surface area is 150 Å². The zero-order valence-corrected chi connectivity index (χ0v) is 15.7. The molecule has 2 N–H and O–H groups in total. The van der Waals surface area contributed by atoms with Crippen LogP contribution in [0.2, 0.25) is 0 Å². The smallest absolute Gasteiger partial charge is 0.315 e. The molecule has 2 rings (SSSR count). The van der Waals surface area contributed by atoms with E-state index in [1.165, 1.54) is 7.11 Å². The highest BCUT2D eigenvalue weighted by Crippen LogP contribution is 2.23. The number of H-pyrrole nitrogens is 1. The van der Waals surface area contributed by atoms with Crippen LogP contribution in [0.15, 0.2) is 15.1 Å². The molecule has 0 saturated carbocycles. The van der Waals surface area contributed by atoms with Crippen LogP contribution in [0.4, 0.5) is 0 Å². The minimum atomic E-state index is -0.534. The molecule has 1 fully saturated rings.